The van der Waals surface area contributed by atoms with Gasteiger partial charge >= 0.3 is 0 Å². The molecule has 2 atom stereocenters. The van der Waals surface area contributed by atoms with Gasteiger partial charge in [0, 0.05) is 18.0 Å². The second kappa shape index (κ2) is 6.27. The molecule has 1 heterocycles. The molecule has 1 saturated heterocycles. The van der Waals surface area contributed by atoms with Gasteiger partial charge in [-0.15, -0.1) is 11.8 Å². The maximum atomic E-state index is 3.46. The molecule has 0 saturated carbocycles. The Hall–Kier alpha value is -0.520. The lowest BCUT2D eigenvalue weighted by molar-refractivity contribution is 0.0892. The van der Waals surface area contributed by atoms with E-state index in [9.17, 15) is 0 Å². The Kier molecular flexibility index (Phi) is 5.31. The highest BCUT2D eigenvalue weighted by molar-refractivity contribution is 5.06. The molecule has 0 aromatic rings. The fourth-order valence-corrected chi connectivity index (χ4v) is 2.76. The van der Waals surface area contributed by atoms with E-state index in [0.29, 0.717) is 6.04 Å². The highest BCUT2D eigenvalue weighted by Gasteiger charge is 2.38. The zero-order chi connectivity index (χ0) is 12.0. The van der Waals surface area contributed by atoms with E-state index < -0.39 is 0 Å². The summed E-state index contributed by atoms with van der Waals surface area (Å²) in [6.45, 7) is 9.11. The van der Waals surface area contributed by atoms with Gasteiger partial charge in [0.15, 0.2) is 0 Å². The van der Waals surface area contributed by atoms with Gasteiger partial charge in [-0.05, 0) is 53.2 Å². The van der Waals surface area contributed by atoms with Crippen molar-refractivity contribution in [3.8, 4) is 11.8 Å². The average molecular weight is 222 g/mol. The summed E-state index contributed by atoms with van der Waals surface area (Å²) in [4.78, 5) is 2.64. The third-order valence-electron chi connectivity index (χ3n) is 4.13. The molecule has 1 aliphatic rings. The van der Waals surface area contributed by atoms with Crippen LogP contribution in [0.2, 0.25) is 0 Å². The number of nitrogens with zero attached hydrogens (tertiary/aromatic N) is 1. The molecule has 0 spiro atoms. The van der Waals surface area contributed by atoms with Crippen LogP contribution in [0.15, 0.2) is 0 Å². The fourth-order valence-electron chi connectivity index (χ4n) is 2.76. The van der Waals surface area contributed by atoms with Crippen LogP contribution in [0, 0.1) is 11.8 Å². The predicted octanol–water partition coefficient (Wildman–Crippen LogP) is 2.25. The van der Waals surface area contributed by atoms with Gasteiger partial charge in [0.25, 0.3) is 0 Å². The van der Waals surface area contributed by atoms with Gasteiger partial charge in [-0.2, -0.15) is 0 Å². The normalized spacial score (nSPS) is 22.2. The predicted molar refractivity (Wildman–Crippen MR) is 70.4 cm³/mol. The van der Waals surface area contributed by atoms with E-state index in [0.717, 1.165) is 6.42 Å². The zero-order valence-electron chi connectivity index (χ0n) is 11.3. The largest absolute Gasteiger partial charge is 0.314 e. The molecule has 1 fully saturated rings. The van der Waals surface area contributed by atoms with Crippen LogP contribution in [0.4, 0.5) is 0 Å². The average Bonchev–Trinajstić information content (AvgIpc) is 2.83. The van der Waals surface area contributed by atoms with Gasteiger partial charge in [-0.1, -0.05) is 6.92 Å². The molecule has 0 bridgehead atoms. The van der Waals surface area contributed by atoms with Gasteiger partial charge in [0.05, 0.1) is 0 Å². The van der Waals surface area contributed by atoms with Crippen molar-refractivity contribution in [1.29, 1.82) is 0 Å². The van der Waals surface area contributed by atoms with E-state index in [4.69, 9.17) is 0 Å². The van der Waals surface area contributed by atoms with Gasteiger partial charge in [-0.3, -0.25) is 4.90 Å². The second-order valence-electron chi connectivity index (χ2n) is 4.88. The van der Waals surface area contributed by atoms with Crippen LogP contribution < -0.4 is 5.32 Å². The summed E-state index contributed by atoms with van der Waals surface area (Å²) < 4.78 is 0. The van der Waals surface area contributed by atoms with E-state index in [-0.39, 0.29) is 5.54 Å². The lowest BCUT2D eigenvalue weighted by atomic mass is 9.85. The number of nitrogens with one attached hydrogen (secondary N) is 1. The van der Waals surface area contributed by atoms with Crippen molar-refractivity contribution in [2.24, 2.45) is 0 Å². The van der Waals surface area contributed by atoms with E-state index in [1.807, 2.05) is 6.92 Å². The van der Waals surface area contributed by atoms with Crippen molar-refractivity contribution < 1.29 is 0 Å². The molecule has 2 heteroatoms. The van der Waals surface area contributed by atoms with E-state index in [2.05, 4.69) is 43.0 Å². The SMILES string of the molecule is CC#CCC(NC)C(C)(CC)N1CCCC1. The third-order valence-corrected chi connectivity index (χ3v) is 4.13. The van der Waals surface area contributed by atoms with Crippen molar-refractivity contribution in [2.45, 2.75) is 58.0 Å². The van der Waals surface area contributed by atoms with Crippen LogP contribution in [0.25, 0.3) is 0 Å². The van der Waals surface area contributed by atoms with Crippen LogP contribution in [0.1, 0.15) is 46.5 Å². The summed E-state index contributed by atoms with van der Waals surface area (Å²) in [6.07, 6.45) is 4.84. The topological polar surface area (TPSA) is 15.3 Å². The molecule has 0 aromatic heterocycles. The summed E-state index contributed by atoms with van der Waals surface area (Å²) in [5.74, 6) is 6.23. The molecule has 92 valence electrons. The van der Waals surface area contributed by atoms with Crippen LogP contribution in [0.5, 0.6) is 0 Å². The Morgan fingerprint density at radius 2 is 2.00 bits per heavy atom. The number of likely N-dealkylation sites (tertiary alicyclic amines) is 1. The maximum absolute atomic E-state index is 3.46. The Bertz CT molecular complexity index is 258. The highest BCUT2D eigenvalue weighted by Crippen LogP contribution is 2.29. The van der Waals surface area contributed by atoms with Crippen LogP contribution >= 0.6 is 0 Å². The first-order chi connectivity index (χ1) is 7.69. The second-order valence-corrected chi connectivity index (χ2v) is 4.88. The Morgan fingerprint density at radius 1 is 1.38 bits per heavy atom. The van der Waals surface area contributed by atoms with Crippen molar-refractivity contribution in [3.05, 3.63) is 0 Å². The fraction of sp³-hybridized carbons (Fsp3) is 0.857. The first-order valence-corrected chi connectivity index (χ1v) is 6.51. The molecule has 2 nitrogen and oxygen atoms in total. The molecular weight excluding hydrogens is 196 g/mol. The van der Waals surface area contributed by atoms with Crippen LogP contribution in [0.3, 0.4) is 0 Å². The number of likely N-dealkylation sites (N-methyl/N-ethyl adjacent to an activating group) is 1. The summed E-state index contributed by atoms with van der Waals surface area (Å²) in [7, 11) is 2.06. The summed E-state index contributed by atoms with van der Waals surface area (Å²) in [5.41, 5.74) is 0.259. The summed E-state index contributed by atoms with van der Waals surface area (Å²) in [6, 6.07) is 0.475. The van der Waals surface area contributed by atoms with E-state index in [1.165, 1.54) is 32.4 Å². The Morgan fingerprint density at radius 3 is 2.44 bits per heavy atom. The van der Waals surface area contributed by atoms with Gasteiger partial charge < -0.3 is 5.32 Å². The molecule has 1 aliphatic heterocycles. The highest BCUT2D eigenvalue weighted by atomic mass is 15.2. The zero-order valence-corrected chi connectivity index (χ0v) is 11.3. The first-order valence-electron chi connectivity index (χ1n) is 6.51. The minimum absolute atomic E-state index is 0.259. The number of hydrogen-bond donors (Lipinski definition) is 1. The van der Waals surface area contributed by atoms with Crippen LogP contribution in [-0.4, -0.2) is 36.6 Å². The monoisotopic (exact) mass is 222 g/mol. The molecule has 0 aliphatic carbocycles. The van der Waals surface area contributed by atoms with Gasteiger partial charge in [0.2, 0.25) is 0 Å². The molecule has 0 aromatic carbocycles. The van der Waals surface area contributed by atoms with Crippen molar-refractivity contribution in [2.75, 3.05) is 20.1 Å². The molecule has 2 unspecified atom stereocenters. The van der Waals surface area contributed by atoms with Gasteiger partial charge in [0.1, 0.15) is 0 Å². The maximum Gasteiger partial charge on any atom is 0.0356 e. The molecule has 1 rings (SSSR count). The Balaban J connectivity index is 2.76. The van der Waals surface area contributed by atoms with Crippen LogP contribution in [-0.2, 0) is 0 Å². The van der Waals surface area contributed by atoms with Crippen molar-refractivity contribution in [3.63, 3.8) is 0 Å². The van der Waals surface area contributed by atoms with E-state index in [1.54, 1.807) is 0 Å². The molecule has 0 radical (unpaired) electrons. The Labute approximate surface area is 101 Å². The molecule has 1 N–H and O–H groups in total. The third kappa shape index (κ3) is 2.78. The van der Waals surface area contributed by atoms with Crippen molar-refractivity contribution >= 4 is 0 Å². The van der Waals surface area contributed by atoms with Crippen molar-refractivity contribution in [1.82, 2.24) is 10.2 Å². The lowest BCUT2D eigenvalue weighted by Gasteiger charge is -2.44. The summed E-state index contributed by atoms with van der Waals surface area (Å²) >= 11 is 0. The quantitative estimate of drug-likeness (QED) is 0.718. The minimum atomic E-state index is 0.259. The molecular formula is C14H26N2. The molecule has 0 amide bonds. The smallest absolute Gasteiger partial charge is 0.0356 e. The van der Waals surface area contributed by atoms with E-state index >= 15 is 0 Å². The number of rotatable bonds is 5. The minimum Gasteiger partial charge on any atom is -0.314 e. The molecule has 16 heavy (non-hydrogen) atoms. The summed E-state index contributed by atoms with van der Waals surface area (Å²) in [5, 5.41) is 3.46. The number of hydrogen-bond acceptors (Lipinski definition) is 2. The standard InChI is InChI=1S/C14H26N2/c1-5-7-10-13(15-4)14(3,6-2)16-11-8-9-12-16/h13,15H,6,8-12H2,1-4H3. The van der Waals surface area contributed by atoms with Gasteiger partial charge in [-0.25, -0.2) is 0 Å². The first kappa shape index (κ1) is 13.5. The lowest BCUT2D eigenvalue weighted by Crippen LogP contribution is -2.57.